The van der Waals surface area contributed by atoms with Crippen molar-refractivity contribution < 1.29 is 5.11 Å². The number of hydrogen-bond acceptors (Lipinski definition) is 4. The van der Waals surface area contributed by atoms with Gasteiger partial charge in [-0.15, -0.1) is 0 Å². The van der Waals surface area contributed by atoms with Crippen LogP contribution in [0.15, 0.2) is 35.3 Å². The van der Waals surface area contributed by atoms with Gasteiger partial charge in [-0.25, -0.2) is 0 Å². The summed E-state index contributed by atoms with van der Waals surface area (Å²) in [5, 5.41) is 18.1. The summed E-state index contributed by atoms with van der Waals surface area (Å²) in [5.41, 5.74) is 3.17. The van der Waals surface area contributed by atoms with E-state index in [-0.39, 0.29) is 0 Å². The fraction of sp³-hybridized carbons (Fsp3) is 0.524. The molecule has 0 amide bonds. The van der Waals surface area contributed by atoms with Gasteiger partial charge >= 0.3 is 0 Å². The number of benzene rings is 1. The third kappa shape index (κ3) is 4.77. The molecule has 0 radical (unpaired) electrons. The van der Waals surface area contributed by atoms with Crippen LogP contribution >= 0.6 is 0 Å². The van der Waals surface area contributed by atoms with Gasteiger partial charge in [0.2, 0.25) is 0 Å². The Morgan fingerprint density at radius 3 is 2.54 bits per heavy atom. The number of aliphatic imine (C=N–C) groups is 1. The number of aromatic nitrogens is 2. The summed E-state index contributed by atoms with van der Waals surface area (Å²) < 4.78 is 2.08. The Morgan fingerprint density at radius 1 is 1.21 bits per heavy atom. The molecule has 7 nitrogen and oxygen atoms in total. The number of piperazine rings is 1. The Kier molecular flexibility index (Phi) is 6.44. The molecule has 152 valence electrons. The average Bonchev–Trinajstić information content (AvgIpc) is 3.00. The van der Waals surface area contributed by atoms with Crippen molar-refractivity contribution in [2.24, 2.45) is 10.9 Å². The van der Waals surface area contributed by atoms with Crippen molar-refractivity contribution >= 4 is 11.6 Å². The second kappa shape index (κ2) is 8.99. The SMILES string of the molecule is CN=C(NCC(C)Cn1nc(C)cc1C)N1CCN(c2ccccc2O)CC1. The first kappa shape index (κ1) is 20.0. The number of hydrogen-bond donors (Lipinski definition) is 2. The Balaban J connectivity index is 1.49. The van der Waals surface area contributed by atoms with Crippen LogP contribution in [-0.4, -0.2) is 65.5 Å². The van der Waals surface area contributed by atoms with Crippen LogP contribution in [0.1, 0.15) is 18.3 Å². The molecular formula is C21H32N6O. The van der Waals surface area contributed by atoms with Crippen molar-refractivity contribution in [3.63, 3.8) is 0 Å². The van der Waals surface area contributed by atoms with Gasteiger partial charge in [0.1, 0.15) is 5.75 Å². The average molecular weight is 385 g/mol. The number of aryl methyl sites for hydroxylation is 2. The molecule has 3 rings (SSSR count). The monoisotopic (exact) mass is 384 g/mol. The molecule has 2 heterocycles. The lowest BCUT2D eigenvalue weighted by Crippen LogP contribution is -2.53. The van der Waals surface area contributed by atoms with Crippen LogP contribution in [0, 0.1) is 19.8 Å². The molecule has 0 bridgehead atoms. The molecule has 1 fully saturated rings. The number of rotatable bonds is 5. The van der Waals surface area contributed by atoms with Gasteiger partial charge in [-0.1, -0.05) is 19.1 Å². The molecule has 0 spiro atoms. The minimum Gasteiger partial charge on any atom is -0.506 e. The Bertz CT molecular complexity index is 807. The van der Waals surface area contributed by atoms with Crippen LogP contribution in [0.25, 0.3) is 0 Å². The van der Waals surface area contributed by atoms with Crippen LogP contribution < -0.4 is 10.2 Å². The maximum absolute atomic E-state index is 10.1. The van der Waals surface area contributed by atoms with Gasteiger partial charge < -0.3 is 20.2 Å². The highest BCUT2D eigenvalue weighted by molar-refractivity contribution is 5.80. The van der Waals surface area contributed by atoms with Gasteiger partial charge in [0.15, 0.2) is 5.96 Å². The minimum atomic E-state index is 0.344. The van der Waals surface area contributed by atoms with E-state index in [2.05, 4.69) is 49.8 Å². The van der Waals surface area contributed by atoms with Gasteiger partial charge in [0.05, 0.1) is 11.4 Å². The zero-order chi connectivity index (χ0) is 20.1. The minimum absolute atomic E-state index is 0.344. The van der Waals surface area contributed by atoms with Crippen molar-refractivity contribution in [2.75, 3.05) is 44.7 Å². The predicted octanol–water partition coefficient (Wildman–Crippen LogP) is 2.24. The molecule has 28 heavy (non-hydrogen) atoms. The summed E-state index contributed by atoms with van der Waals surface area (Å²) in [7, 11) is 1.84. The zero-order valence-electron chi connectivity index (χ0n) is 17.4. The maximum Gasteiger partial charge on any atom is 0.193 e. The smallest absolute Gasteiger partial charge is 0.193 e. The van der Waals surface area contributed by atoms with Crippen LogP contribution in [0.2, 0.25) is 0 Å². The fourth-order valence-electron chi connectivity index (χ4n) is 3.71. The highest BCUT2D eigenvalue weighted by atomic mass is 16.3. The van der Waals surface area contributed by atoms with E-state index in [1.165, 1.54) is 5.69 Å². The molecule has 1 aliphatic rings. The molecule has 1 aliphatic heterocycles. The quantitative estimate of drug-likeness (QED) is 0.611. The number of anilines is 1. The van der Waals surface area contributed by atoms with Gasteiger partial charge in [-0.2, -0.15) is 5.10 Å². The molecule has 1 saturated heterocycles. The molecular weight excluding hydrogens is 352 g/mol. The van der Waals surface area contributed by atoms with Crippen LogP contribution in [0.3, 0.4) is 0 Å². The van der Waals surface area contributed by atoms with Gasteiger partial charge in [-0.05, 0) is 38.0 Å². The normalized spacial score (nSPS) is 16.4. The predicted molar refractivity (Wildman–Crippen MR) is 114 cm³/mol. The van der Waals surface area contributed by atoms with E-state index in [1.807, 2.05) is 32.2 Å². The molecule has 1 aromatic carbocycles. The first-order chi connectivity index (χ1) is 13.5. The summed E-state index contributed by atoms with van der Waals surface area (Å²) in [6, 6.07) is 9.65. The van der Waals surface area contributed by atoms with E-state index in [9.17, 15) is 5.11 Å². The van der Waals surface area contributed by atoms with Gasteiger partial charge in [0.25, 0.3) is 0 Å². The van der Waals surface area contributed by atoms with E-state index in [1.54, 1.807) is 6.07 Å². The number of aromatic hydroxyl groups is 1. The standard InChI is InChI=1S/C21H32N6O/c1-16(15-27-18(3)13-17(2)24-27)14-23-21(22-4)26-11-9-25(10-12-26)19-7-5-6-8-20(19)28/h5-8,13,16,28H,9-12,14-15H2,1-4H3,(H,22,23). The van der Waals surface area contributed by atoms with Crippen molar-refractivity contribution in [1.29, 1.82) is 0 Å². The molecule has 1 unspecified atom stereocenters. The maximum atomic E-state index is 10.1. The van der Waals surface area contributed by atoms with E-state index < -0.39 is 0 Å². The molecule has 0 saturated carbocycles. The molecule has 2 aromatic rings. The number of nitrogens with one attached hydrogen (secondary N) is 1. The molecule has 7 heteroatoms. The van der Waals surface area contributed by atoms with E-state index in [4.69, 9.17) is 0 Å². The van der Waals surface area contributed by atoms with Crippen molar-refractivity contribution in [1.82, 2.24) is 20.0 Å². The zero-order valence-corrected chi connectivity index (χ0v) is 17.4. The first-order valence-electron chi connectivity index (χ1n) is 9.97. The third-order valence-electron chi connectivity index (χ3n) is 5.21. The van der Waals surface area contributed by atoms with E-state index in [0.29, 0.717) is 11.7 Å². The summed E-state index contributed by atoms with van der Waals surface area (Å²) in [5.74, 6) is 1.73. The number of nitrogens with zero attached hydrogens (tertiary/aromatic N) is 5. The summed E-state index contributed by atoms with van der Waals surface area (Å²) in [6.45, 7) is 11.6. The van der Waals surface area contributed by atoms with Crippen molar-refractivity contribution in [3.05, 3.63) is 41.7 Å². The molecule has 1 aromatic heterocycles. The number of phenols is 1. The van der Waals surface area contributed by atoms with E-state index >= 15 is 0 Å². The van der Waals surface area contributed by atoms with Crippen molar-refractivity contribution in [2.45, 2.75) is 27.3 Å². The second-order valence-electron chi connectivity index (χ2n) is 7.61. The fourth-order valence-corrected chi connectivity index (χ4v) is 3.71. The highest BCUT2D eigenvalue weighted by Gasteiger charge is 2.21. The molecule has 1 atom stereocenters. The summed E-state index contributed by atoms with van der Waals surface area (Å²) >= 11 is 0. The molecule has 2 N–H and O–H groups in total. The lowest BCUT2D eigenvalue weighted by atomic mass is 10.2. The van der Waals surface area contributed by atoms with Crippen LogP contribution in [-0.2, 0) is 6.54 Å². The number of phenolic OH excluding ortho intramolecular Hbond substituents is 1. The topological polar surface area (TPSA) is 68.9 Å². The van der Waals surface area contributed by atoms with Crippen LogP contribution in [0.4, 0.5) is 5.69 Å². The first-order valence-corrected chi connectivity index (χ1v) is 9.97. The third-order valence-corrected chi connectivity index (χ3v) is 5.21. The number of guanidine groups is 1. The van der Waals surface area contributed by atoms with Crippen molar-refractivity contribution in [3.8, 4) is 5.75 Å². The van der Waals surface area contributed by atoms with Crippen LogP contribution in [0.5, 0.6) is 5.75 Å². The number of para-hydroxylation sites is 2. The lowest BCUT2D eigenvalue weighted by molar-refractivity contribution is 0.361. The second-order valence-corrected chi connectivity index (χ2v) is 7.61. The largest absolute Gasteiger partial charge is 0.506 e. The van der Waals surface area contributed by atoms with Gasteiger partial charge in [-0.3, -0.25) is 9.67 Å². The van der Waals surface area contributed by atoms with Gasteiger partial charge in [0, 0.05) is 52.0 Å². The Hall–Kier alpha value is -2.70. The van der Waals surface area contributed by atoms with E-state index in [0.717, 1.165) is 56.6 Å². The Labute approximate surface area is 167 Å². The summed E-state index contributed by atoms with van der Waals surface area (Å²) in [4.78, 5) is 8.98. The summed E-state index contributed by atoms with van der Waals surface area (Å²) in [6.07, 6.45) is 0. The Morgan fingerprint density at radius 2 is 1.93 bits per heavy atom. The molecule has 0 aliphatic carbocycles. The lowest BCUT2D eigenvalue weighted by Gasteiger charge is -2.38. The highest BCUT2D eigenvalue weighted by Crippen LogP contribution is 2.27.